The van der Waals surface area contributed by atoms with E-state index >= 15 is 0 Å². The van der Waals surface area contributed by atoms with Crippen molar-refractivity contribution in [2.75, 3.05) is 11.1 Å². The molecule has 0 saturated heterocycles. The predicted octanol–water partition coefficient (Wildman–Crippen LogP) is 4.12. The van der Waals surface area contributed by atoms with Gasteiger partial charge in [-0.3, -0.25) is 4.98 Å². The minimum atomic E-state index is -0.170. The molecule has 1 atom stereocenters. The Morgan fingerprint density at radius 3 is 2.58 bits per heavy atom. The van der Waals surface area contributed by atoms with Crippen LogP contribution in [-0.4, -0.2) is 15.0 Å². The third-order valence-corrected chi connectivity index (χ3v) is 4.27. The highest BCUT2D eigenvalue weighted by molar-refractivity contribution is 5.88. The summed E-state index contributed by atoms with van der Waals surface area (Å²) in [6.45, 7) is 2.07. The van der Waals surface area contributed by atoms with Gasteiger partial charge in [0.1, 0.15) is 5.82 Å². The summed E-state index contributed by atoms with van der Waals surface area (Å²) in [5.74, 6) is 0.945. The molecule has 0 saturated carbocycles. The molecular weight excluding hydrogens is 322 g/mol. The maximum absolute atomic E-state index is 6.13. The normalized spacial score (nSPS) is 12.0. The molecule has 26 heavy (non-hydrogen) atoms. The van der Waals surface area contributed by atoms with Gasteiger partial charge in [0.15, 0.2) is 0 Å². The number of pyridine rings is 1. The number of fused-ring (bicyclic) bond motifs is 1. The van der Waals surface area contributed by atoms with Crippen LogP contribution in [0, 0.1) is 6.92 Å². The summed E-state index contributed by atoms with van der Waals surface area (Å²) in [6.07, 6.45) is 1.79. The summed E-state index contributed by atoms with van der Waals surface area (Å²) >= 11 is 0. The highest BCUT2D eigenvalue weighted by atomic mass is 15.1. The van der Waals surface area contributed by atoms with Gasteiger partial charge in [-0.1, -0.05) is 48.0 Å². The van der Waals surface area contributed by atoms with Crippen molar-refractivity contribution in [2.24, 2.45) is 0 Å². The standard InChI is InChI=1S/C21H19N5/c1-14-7-6-8-15(13-14)19(18-11-4-5-12-23-18)25-21-24-17-10-3-2-9-16(17)20(22)26-21/h2-13,19H,1H3,(H3,22,24,25,26). The van der Waals surface area contributed by atoms with Crippen LogP contribution in [0.1, 0.15) is 22.9 Å². The molecule has 1 unspecified atom stereocenters. The number of aryl methyl sites for hydroxylation is 1. The maximum atomic E-state index is 6.13. The first-order valence-electron chi connectivity index (χ1n) is 8.47. The van der Waals surface area contributed by atoms with Crippen molar-refractivity contribution in [3.05, 3.63) is 89.7 Å². The molecule has 0 radical (unpaired) electrons. The Labute approximate surface area is 152 Å². The molecule has 0 aliphatic carbocycles. The van der Waals surface area contributed by atoms with Gasteiger partial charge in [-0.25, -0.2) is 4.98 Å². The second kappa shape index (κ2) is 6.80. The summed E-state index contributed by atoms with van der Waals surface area (Å²) in [5, 5.41) is 4.26. The van der Waals surface area contributed by atoms with E-state index in [1.807, 2.05) is 48.5 Å². The largest absolute Gasteiger partial charge is 0.383 e. The molecule has 0 aliphatic heterocycles. The summed E-state index contributed by atoms with van der Waals surface area (Å²) in [4.78, 5) is 13.6. The van der Waals surface area contributed by atoms with Crippen LogP contribution in [0.4, 0.5) is 11.8 Å². The lowest BCUT2D eigenvalue weighted by molar-refractivity contribution is 0.868. The number of benzene rings is 2. The first kappa shape index (κ1) is 16.0. The Balaban J connectivity index is 1.78. The lowest BCUT2D eigenvalue weighted by Gasteiger charge is -2.19. The molecule has 4 aromatic rings. The van der Waals surface area contributed by atoms with E-state index in [1.54, 1.807) is 6.20 Å². The van der Waals surface area contributed by atoms with Crippen LogP contribution in [0.5, 0.6) is 0 Å². The summed E-state index contributed by atoms with van der Waals surface area (Å²) in [5.41, 5.74) is 10.1. The molecule has 128 valence electrons. The monoisotopic (exact) mass is 341 g/mol. The van der Waals surface area contributed by atoms with Crippen LogP contribution in [0.2, 0.25) is 0 Å². The van der Waals surface area contributed by atoms with Crippen LogP contribution in [0.15, 0.2) is 72.9 Å². The van der Waals surface area contributed by atoms with E-state index in [9.17, 15) is 0 Å². The molecule has 4 rings (SSSR count). The van der Waals surface area contributed by atoms with E-state index in [2.05, 4.69) is 45.4 Å². The average molecular weight is 341 g/mol. The molecule has 5 heteroatoms. The van der Waals surface area contributed by atoms with Crippen LogP contribution in [-0.2, 0) is 0 Å². The van der Waals surface area contributed by atoms with Gasteiger partial charge in [-0.05, 0) is 36.8 Å². The zero-order chi connectivity index (χ0) is 17.9. The number of nitrogens with one attached hydrogen (secondary N) is 1. The molecule has 2 aromatic heterocycles. The zero-order valence-corrected chi connectivity index (χ0v) is 14.4. The lowest BCUT2D eigenvalue weighted by Crippen LogP contribution is -2.16. The maximum Gasteiger partial charge on any atom is 0.226 e. The number of rotatable bonds is 4. The fourth-order valence-corrected chi connectivity index (χ4v) is 3.02. The van der Waals surface area contributed by atoms with E-state index < -0.39 is 0 Å². The van der Waals surface area contributed by atoms with Crippen LogP contribution >= 0.6 is 0 Å². The lowest BCUT2D eigenvalue weighted by atomic mass is 10.0. The molecule has 0 aliphatic rings. The van der Waals surface area contributed by atoms with E-state index in [-0.39, 0.29) is 6.04 Å². The summed E-state index contributed by atoms with van der Waals surface area (Å²) in [7, 11) is 0. The second-order valence-electron chi connectivity index (χ2n) is 6.20. The van der Waals surface area contributed by atoms with Gasteiger partial charge in [0, 0.05) is 11.6 Å². The van der Waals surface area contributed by atoms with Crippen molar-refractivity contribution in [3.8, 4) is 0 Å². The van der Waals surface area contributed by atoms with Crippen LogP contribution in [0.25, 0.3) is 10.9 Å². The van der Waals surface area contributed by atoms with E-state index in [4.69, 9.17) is 5.73 Å². The number of para-hydroxylation sites is 1. The van der Waals surface area contributed by atoms with Gasteiger partial charge in [0.05, 0.1) is 17.3 Å². The first-order chi connectivity index (χ1) is 12.7. The van der Waals surface area contributed by atoms with Crippen molar-refractivity contribution in [2.45, 2.75) is 13.0 Å². The SMILES string of the molecule is Cc1cccc(C(Nc2nc(N)c3ccccc3n2)c2ccccn2)c1. The topological polar surface area (TPSA) is 76.7 Å². The Bertz CT molecular complexity index is 1050. The Morgan fingerprint density at radius 1 is 0.923 bits per heavy atom. The van der Waals surface area contributed by atoms with Gasteiger partial charge < -0.3 is 11.1 Å². The number of hydrogen-bond donors (Lipinski definition) is 2. The molecular formula is C21H19N5. The molecule has 0 bridgehead atoms. The van der Waals surface area contributed by atoms with Crippen molar-refractivity contribution < 1.29 is 0 Å². The van der Waals surface area contributed by atoms with Gasteiger partial charge in [-0.2, -0.15) is 4.98 Å². The van der Waals surface area contributed by atoms with Gasteiger partial charge >= 0.3 is 0 Å². The summed E-state index contributed by atoms with van der Waals surface area (Å²) in [6, 6.07) is 21.7. The zero-order valence-electron chi connectivity index (χ0n) is 14.4. The quantitative estimate of drug-likeness (QED) is 0.584. The predicted molar refractivity (Wildman–Crippen MR) is 105 cm³/mol. The molecule has 2 heterocycles. The minimum absolute atomic E-state index is 0.170. The molecule has 0 amide bonds. The number of hydrogen-bond acceptors (Lipinski definition) is 5. The van der Waals surface area contributed by atoms with Crippen molar-refractivity contribution in [3.63, 3.8) is 0 Å². The fourth-order valence-electron chi connectivity index (χ4n) is 3.02. The van der Waals surface area contributed by atoms with Crippen LogP contribution < -0.4 is 11.1 Å². The minimum Gasteiger partial charge on any atom is -0.383 e. The highest BCUT2D eigenvalue weighted by Crippen LogP contribution is 2.26. The number of nitrogens with zero attached hydrogens (tertiary/aromatic N) is 3. The summed E-state index contributed by atoms with van der Waals surface area (Å²) < 4.78 is 0. The highest BCUT2D eigenvalue weighted by Gasteiger charge is 2.17. The van der Waals surface area contributed by atoms with E-state index in [0.717, 1.165) is 22.2 Å². The Hall–Kier alpha value is -3.47. The number of nitrogens with two attached hydrogens (primary N) is 1. The number of nitrogen functional groups attached to an aromatic ring is 1. The first-order valence-corrected chi connectivity index (χ1v) is 8.47. The van der Waals surface area contributed by atoms with E-state index in [1.165, 1.54) is 5.56 Å². The number of aromatic nitrogens is 3. The second-order valence-corrected chi connectivity index (χ2v) is 6.20. The number of anilines is 2. The molecule has 2 aromatic carbocycles. The van der Waals surface area contributed by atoms with Crippen molar-refractivity contribution in [1.29, 1.82) is 0 Å². The van der Waals surface area contributed by atoms with Gasteiger partial charge in [-0.15, -0.1) is 0 Å². The molecule has 5 nitrogen and oxygen atoms in total. The fraction of sp³-hybridized carbons (Fsp3) is 0.0952. The molecule has 0 fully saturated rings. The van der Waals surface area contributed by atoms with Gasteiger partial charge in [0.2, 0.25) is 5.95 Å². The smallest absolute Gasteiger partial charge is 0.226 e. The van der Waals surface area contributed by atoms with E-state index in [0.29, 0.717) is 11.8 Å². The average Bonchev–Trinajstić information content (AvgIpc) is 2.67. The molecule has 0 spiro atoms. The Morgan fingerprint density at radius 2 is 1.77 bits per heavy atom. The molecule has 3 N–H and O–H groups in total. The van der Waals surface area contributed by atoms with Gasteiger partial charge in [0.25, 0.3) is 0 Å². The van der Waals surface area contributed by atoms with Crippen LogP contribution in [0.3, 0.4) is 0 Å². The van der Waals surface area contributed by atoms with Crippen molar-refractivity contribution >= 4 is 22.7 Å². The third kappa shape index (κ3) is 3.19. The van der Waals surface area contributed by atoms with Crippen molar-refractivity contribution in [1.82, 2.24) is 15.0 Å². The third-order valence-electron chi connectivity index (χ3n) is 4.27. The Kier molecular flexibility index (Phi) is 4.19.